The van der Waals surface area contributed by atoms with Gasteiger partial charge in [0.1, 0.15) is 52.1 Å². The van der Waals surface area contributed by atoms with Crippen LogP contribution < -0.4 is 59.2 Å². The first-order valence-corrected chi connectivity index (χ1v) is 48.8. The second kappa shape index (κ2) is 36.4. The number of amides is 1. The molecule has 0 radical (unpaired) electrons. The summed E-state index contributed by atoms with van der Waals surface area (Å²) >= 11 is 7.01. The standard InChI is InChI=1S/2C28H27N3O4.C27H25BrN2O5.C27H27BrN2O4/c2*1-34-22-15-30-16-23-25(22)27(33)26(32)21(14-31-20-11-12-20)24(18-5-3-2-4-6-18)28(27,35-23)19-9-7-17(13-29)8-10-19;1-34-19-13-29-14-20-23(19)26(33)24(31)21(25(32)30-18-11-12-18)22(15-5-3-2-4-6-15)27(26,35-20)16-7-9-17(28)10-8-16;1-33-21-14-29-15-22-24(21)26(32)25(31)20(13-30-19-11-12-19)23(16-5-3-2-4-6-16)27(26,34-22)17-7-9-18(28)10-8-17/h2*2-10,15-16,20-21,24,26,31-33H,11-12,14H2,1H3;2-10,13-14,18,21-22,24,31,33H,11-12H2,1H3,(H,30,32);2-10,14-15,19-20,23,25,30-32H,11-13H2,1H3/t2*21-,24-,26-,27+,28+;21-,22-,24-,26+,27+;20-,23-,25-,26+,27+/m1111/s1. The van der Waals surface area contributed by atoms with Crippen LogP contribution in [0.1, 0.15) is 153 Å². The summed E-state index contributed by atoms with van der Waals surface area (Å²) in [7, 11) is 6.06. The second-order valence-corrected chi connectivity index (χ2v) is 40.2. The van der Waals surface area contributed by atoms with Gasteiger partial charge in [-0.1, -0.05) is 202 Å². The molecule has 24 rings (SSSR count). The number of aromatic nitrogens is 4. The number of hydrogen-bond donors (Lipinski definition) is 12. The number of aliphatic hydroxyl groups is 8. The molecule has 712 valence electrons. The lowest BCUT2D eigenvalue weighted by Gasteiger charge is -2.41. The summed E-state index contributed by atoms with van der Waals surface area (Å²) in [5.41, 5.74) is -3.85. The van der Waals surface area contributed by atoms with E-state index in [2.05, 4.69) is 97.3 Å². The maximum absolute atomic E-state index is 13.7. The van der Waals surface area contributed by atoms with Crippen molar-refractivity contribution in [2.24, 2.45) is 23.7 Å². The molecule has 4 aromatic heterocycles. The van der Waals surface area contributed by atoms with Crippen LogP contribution in [-0.4, -0.2) is 163 Å². The Balaban J connectivity index is 0.000000110. The molecule has 27 nitrogen and oxygen atoms in total. The Bertz CT molecular complexity index is 6450. The maximum atomic E-state index is 13.7. The third-order valence-electron chi connectivity index (χ3n) is 30.9. The highest BCUT2D eigenvalue weighted by molar-refractivity contribution is 9.10. The first-order valence-electron chi connectivity index (χ1n) is 47.2. The lowest BCUT2D eigenvalue weighted by molar-refractivity contribution is -0.154. The number of carbonyl (C=O) groups is 1. The number of ether oxygens (including phenoxy) is 8. The van der Waals surface area contributed by atoms with Crippen molar-refractivity contribution in [2.75, 3.05) is 48.1 Å². The van der Waals surface area contributed by atoms with E-state index in [1.165, 1.54) is 46.1 Å². The van der Waals surface area contributed by atoms with Gasteiger partial charge in [0.2, 0.25) is 5.91 Å². The summed E-state index contributed by atoms with van der Waals surface area (Å²) in [6, 6.07) is 74.4. The number of methoxy groups -OCH3 is 4. The Morgan fingerprint density at radius 1 is 0.353 bits per heavy atom. The van der Waals surface area contributed by atoms with Gasteiger partial charge in [-0.15, -0.1) is 0 Å². The van der Waals surface area contributed by atoms with Crippen LogP contribution in [-0.2, 0) is 49.6 Å². The van der Waals surface area contributed by atoms with E-state index in [-0.39, 0.29) is 41.4 Å². The molecule has 12 aliphatic rings. The van der Waals surface area contributed by atoms with Gasteiger partial charge in [-0.2, -0.15) is 10.5 Å². The molecule has 4 aliphatic heterocycles. The summed E-state index contributed by atoms with van der Waals surface area (Å²) in [5.74, 6) is -1.22. The number of nitriles is 2. The third-order valence-corrected chi connectivity index (χ3v) is 31.9. The quantitative estimate of drug-likeness (QED) is 0.0283. The number of nitrogens with one attached hydrogen (secondary N) is 4. The molecule has 0 unspecified atom stereocenters. The highest BCUT2D eigenvalue weighted by Gasteiger charge is 2.82. The van der Waals surface area contributed by atoms with Crippen molar-refractivity contribution in [3.05, 3.63) is 355 Å². The molecule has 12 aromatic rings. The Labute approximate surface area is 820 Å². The van der Waals surface area contributed by atoms with E-state index in [0.717, 1.165) is 88.1 Å². The second-order valence-electron chi connectivity index (χ2n) is 38.3. The van der Waals surface area contributed by atoms with Gasteiger partial charge in [0.15, 0.2) is 44.8 Å². The van der Waals surface area contributed by atoms with Crippen LogP contribution in [0.3, 0.4) is 0 Å². The molecular weight excluding hydrogens is 1890 g/mol. The van der Waals surface area contributed by atoms with Crippen LogP contribution in [0.25, 0.3) is 0 Å². The summed E-state index contributed by atoms with van der Waals surface area (Å²) in [6.45, 7) is 1.62. The molecule has 8 saturated carbocycles. The fourth-order valence-electron chi connectivity index (χ4n) is 24.2. The molecule has 12 N–H and O–H groups in total. The smallest absolute Gasteiger partial charge is 0.226 e. The van der Waals surface area contributed by atoms with Crippen LogP contribution in [0.5, 0.6) is 46.0 Å². The molecule has 8 heterocycles. The predicted octanol–water partition coefficient (Wildman–Crippen LogP) is 13.2. The zero-order valence-electron chi connectivity index (χ0n) is 76.6. The van der Waals surface area contributed by atoms with Crippen LogP contribution in [0.15, 0.2) is 277 Å². The van der Waals surface area contributed by atoms with Gasteiger partial charge in [-0.3, -0.25) is 24.7 Å². The van der Waals surface area contributed by atoms with Gasteiger partial charge in [0.05, 0.1) is 148 Å². The molecule has 8 aromatic carbocycles. The maximum Gasteiger partial charge on any atom is 0.226 e. The van der Waals surface area contributed by atoms with Crippen LogP contribution in [0, 0.1) is 46.3 Å². The number of aliphatic hydroxyl groups excluding tert-OH is 4. The lowest BCUT2D eigenvalue weighted by atomic mass is 9.70. The fourth-order valence-corrected chi connectivity index (χ4v) is 24.8. The van der Waals surface area contributed by atoms with E-state index in [1.807, 2.05) is 182 Å². The highest BCUT2D eigenvalue weighted by atomic mass is 79.9. The van der Waals surface area contributed by atoms with Crippen molar-refractivity contribution in [3.8, 4) is 58.1 Å². The third kappa shape index (κ3) is 14.6. The van der Waals surface area contributed by atoms with Crippen molar-refractivity contribution in [2.45, 2.75) is 168 Å². The lowest BCUT2D eigenvalue weighted by Crippen LogP contribution is -2.52. The first kappa shape index (κ1) is 93.1. The zero-order valence-corrected chi connectivity index (χ0v) is 79.8. The van der Waals surface area contributed by atoms with Gasteiger partial charge in [0.25, 0.3) is 0 Å². The molecule has 0 saturated heterocycles. The predicted molar refractivity (Wildman–Crippen MR) is 518 cm³/mol. The minimum absolute atomic E-state index is 0.0942. The van der Waals surface area contributed by atoms with Crippen molar-refractivity contribution in [1.82, 2.24) is 41.2 Å². The molecule has 8 aliphatic carbocycles. The Morgan fingerprint density at radius 3 is 0.849 bits per heavy atom. The Morgan fingerprint density at radius 2 is 0.597 bits per heavy atom. The van der Waals surface area contributed by atoms with E-state index in [9.17, 15) is 56.2 Å². The molecule has 20 atom stereocenters. The molecule has 1 amide bonds. The largest absolute Gasteiger partial charge is 0.495 e. The topological polar surface area (TPSA) is 400 Å². The average molecular weight is 2000 g/mol. The van der Waals surface area contributed by atoms with E-state index in [0.29, 0.717) is 128 Å². The van der Waals surface area contributed by atoms with Crippen LogP contribution >= 0.6 is 31.9 Å². The summed E-state index contributed by atoms with van der Waals surface area (Å²) in [4.78, 5) is 30.7. The number of benzene rings is 8. The fraction of sp³-hybridized carbons (Fsp3) is 0.355. The van der Waals surface area contributed by atoms with Crippen molar-refractivity contribution in [1.29, 1.82) is 10.5 Å². The van der Waals surface area contributed by atoms with E-state index in [4.69, 9.17) is 37.9 Å². The van der Waals surface area contributed by atoms with Gasteiger partial charge >= 0.3 is 0 Å². The summed E-state index contributed by atoms with van der Waals surface area (Å²) in [5, 5.41) is 131. The average Bonchev–Trinajstić information content (AvgIpc) is 1.53. The van der Waals surface area contributed by atoms with E-state index in [1.54, 1.807) is 56.2 Å². The van der Waals surface area contributed by atoms with Gasteiger partial charge in [-0.25, -0.2) is 0 Å². The number of fused-ring (bicyclic) bond motifs is 12. The molecule has 139 heavy (non-hydrogen) atoms. The SMILES string of the molecule is COc1cncc2c1[C@]1(O)[C@H](O)[C@H](C(=O)NC3CC3)[C@@H](c3ccccc3)[C@]1(c1ccc(Br)cc1)O2.COc1cncc2c1[C@]1(O)[C@H](O)[C@H](CNC3CC3)[C@@H](c3ccccc3)[C@]1(c1ccc(Br)cc1)O2.COc1cncc2c1[C@]1(O)[C@H](O)[C@H](CNC3CC3)[C@@H](c3ccccc3)[C@]1(c1ccc(C#N)cc1)O2.COc1cncc2c1[C@]1(O)[C@H](O)[C@H](CNC3CC3)[C@@H](c3ccccc3)[C@]1(c1ccc(C#N)cc1)O2. The molecule has 0 bridgehead atoms. The monoisotopic (exact) mass is 2000 g/mol. The highest BCUT2D eigenvalue weighted by Crippen LogP contribution is 2.75. The molecule has 29 heteroatoms. The van der Waals surface area contributed by atoms with Crippen LogP contribution in [0.2, 0.25) is 0 Å². The molecule has 0 spiro atoms. The minimum atomic E-state index is -1.99. The number of hydrogen-bond acceptors (Lipinski definition) is 26. The normalized spacial score (nSPS) is 31.0. The number of rotatable bonds is 23. The van der Waals surface area contributed by atoms with E-state index < -0.39 is 92.9 Å². The van der Waals surface area contributed by atoms with Crippen molar-refractivity contribution >= 4 is 37.8 Å². The van der Waals surface area contributed by atoms with Crippen molar-refractivity contribution in [3.63, 3.8) is 0 Å². The number of halogens is 2. The molecule has 8 fully saturated rings. The van der Waals surface area contributed by atoms with E-state index >= 15 is 0 Å². The molecular formula is C110H106Br2N10O17. The van der Waals surface area contributed by atoms with Gasteiger partial charge in [-0.05, 0) is 144 Å². The Hall–Kier alpha value is -12.3. The zero-order chi connectivity index (χ0) is 96.3. The first-order chi connectivity index (χ1) is 67.5. The van der Waals surface area contributed by atoms with Gasteiger partial charge < -0.3 is 100 Å². The minimum Gasteiger partial charge on any atom is -0.495 e. The summed E-state index contributed by atoms with van der Waals surface area (Å²) < 4.78 is 51.2. The van der Waals surface area contributed by atoms with Gasteiger partial charge in [0, 0.05) is 94.2 Å². The Kier molecular flexibility index (Phi) is 24.4. The van der Waals surface area contributed by atoms with Crippen molar-refractivity contribution < 1.29 is 83.5 Å². The summed E-state index contributed by atoms with van der Waals surface area (Å²) in [6.07, 6.45) is 16.0. The number of pyridine rings is 4. The van der Waals surface area contributed by atoms with Crippen LogP contribution in [0.4, 0.5) is 0 Å². The number of nitrogens with zero attached hydrogens (tertiary/aromatic N) is 6. The number of carbonyl (C=O) groups excluding carboxylic acids is 1.